The molecule has 0 unspecified atom stereocenters. The molecule has 1 aromatic rings. The van der Waals surface area contributed by atoms with Gasteiger partial charge in [0, 0.05) is 23.7 Å². The van der Waals surface area contributed by atoms with E-state index in [-0.39, 0.29) is 17.9 Å². The molecule has 0 spiro atoms. The summed E-state index contributed by atoms with van der Waals surface area (Å²) in [5, 5.41) is 2.99. The van der Waals surface area contributed by atoms with Crippen LogP contribution in [0.4, 0.5) is 5.69 Å². The minimum atomic E-state index is -3.36. The Labute approximate surface area is 168 Å². The molecule has 2 N–H and O–H groups in total. The minimum absolute atomic E-state index is 0.00327. The number of sulfonamides is 1. The second-order valence-electron chi connectivity index (χ2n) is 9.05. The lowest BCUT2D eigenvalue weighted by atomic mass is 9.86. The van der Waals surface area contributed by atoms with Crippen LogP contribution < -0.4 is 14.8 Å². The maximum Gasteiger partial charge on any atom is 0.227 e. The molecule has 7 heteroatoms. The minimum Gasteiger partial charge on any atom is -0.493 e. The van der Waals surface area contributed by atoms with E-state index in [4.69, 9.17) is 4.74 Å². The Morgan fingerprint density at radius 3 is 2.39 bits per heavy atom. The highest BCUT2D eigenvalue weighted by Gasteiger charge is 2.34. The van der Waals surface area contributed by atoms with Gasteiger partial charge in [0.2, 0.25) is 15.9 Å². The Morgan fingerprint density at radius 1 is 1.11 bits per heavy atom. The first kappa shape index (κ1) is 21.1. The third kappa shape index (κ3) is 5.70. The molecule has 156 valence electrons. The van der Waals surface area contributed by atoms with Crippen LogP contribution in [0.2, 0.25) is 0 Å². The van der Waals surface area contributed by atoms with Crippen LogP contribution in [0, 0.1) is 11.8 Å². The van der Waals surface area contributed by atoms with Crippen LogP contribution in [0.5, 0.6) is 5.75 Å². The molecular weight excluding hydrogens is 376 g/mol. The second kappa shape index (κ2) is 8.41. The third-order valence-electron chi connectivity index (χ3n) is 5.51. The van der Waals surface area contributed by atoms with Crippen molar-refractivity contribution in [1.29, 1.82) is 0 Å². The number of rotatable bonds is 7. The van der Waals surface area contributed by atoms with E-state index in [1.807, 2.05) is 24.3 Å². The summed E-state index contributed by atoms with van der Waals surface area (Å²) in [7, 11) is -3.36. The number of carbonyl (C=O) groups excluding carboxylic acids is 1. The number of carbonyl (C=O) groups is 1. The number of benzene rings is 1. The van der Waals surface area contributed by atoms with E-state index in [0.29, 0.717) is 31.6 Å². The summed E-state index contributed by atoms with van der Waals surface area (Å²) >= 11 is 0. The van der Waals surface area contributed by atoms with Gasteiger partial charge in [-0.1, -0.05) is 6.07 Å². The van der Waals surface area contributed by atoms with E-state index in [2.05, 4.69) is 10.0 Å². The number of ether oxygens (including phenoxy) is 1. The molecule has 0 radical (unpaired) electrons. The highest BCUT2D eigenvalue weighted by atomic mass is 32.2. The van der Waals surface area contributed by atoms with E-state index in [0.717, 1.165) is 18.0 Å². The van der Waals surface area contributed by atoms with Gasteiger partial charge in [0.05, 0.1) is 11.4 Å². The maximum absolute atomic E-state index is 12.6. The zero-order chi connectivity index (χ0) is 20.4. The topological polar surface area (TPSA) is 84.5 Å². The molecule has 2 aliphatic rings. The van der Waals surface area contributed by atoms with Gasteiger partial charge in [-0.05, 0) is 77.3 Å². The molecular formula is C21H32N2O4S. The van der Waals surface area contributed by atoms with Crippen molar-refractivity contribution in [1.82, 2.24) is 4.72 Å². The second-order valence-corrected chi connectivity index (χ2v) is 11.5. The van der Waals surface area contributed by atoms with Crippen LogP contribution in [-0.4, -0.2) is 31.7 Å². The predicted octanol–water partition coefficient (Wildman–Crippen LogP) is 3.69. The van der Waals surface area contributed by atoms with Crippen molar-refractivity contribution in [2.75, 3.05) is 11.9 Å². The van der Waals surface area contributed by atoms with Crippen LogP contribution in [-0.2, 0) is 14.8 Å². The third-order valence-corrected chi connectivity index (χ3v) is 7.77. The summed E-state index contributed by atoms with van der Waals surface area (Å²) < 4.78 is 32.4. The van der Waals surface area contributed by atoms with E-state index >= 15 is 0 Å². The first-order valence-electron chi connectivity index (χ1n) is 10.2. The Hall–Kier alpha value is -1.60. The molecule has 0 aliphatic heterocycles. The lowest BCUT2D eigenvalue weighted by molar-refractivity contribution is -0.120. The van der Waals surface area contributed by atoms with Crippen molar-refractivity contribution < 1.29 is 17.9 Å². The fourth-order valence-corrected chi connectivity index (χ4v) is 4.30. The number of hydrogen-bond acceptors (Lipinski definition) is 4. The molecule has 2 saturated carbocycles. The molecule has 0 heterocycles. The van der Waals surface area contributed by atoms with Crippen LogP contribution in [0.25, 0.3) is 0 Å². The van der Waals surface area contributed by atoms with Gasteiger partial charge in [0.15, 0.2) is 0 Å². The van der Waals surface area contributed by atoms with E-state index in [1.165, 1.54) is 12.8 Å². The number of anilines is 1. The first-order valence-corrected chi connectivity index (χ1v) is 11.7. The van der Waals surface area contributed by atoms with Gasteiger partial charge in [-0.25, -0.2) is 13.1 Å². The van der Waals surface area contributed by atoms with Crippen molar-refractivity contribution in [3.8, 4) is 5.75 Å². The smallest absolute Gasteiger partial charge is 0.227 e. The molecule has 2 aliphatic carbocycles. The summed E-state index contributed by atoms with van der Waals surface area (Å²) in [6, 6.07) is 7.43. The maximum atomic E-state index is 12.6. The van der Waals surface area contributed by atoms with Crippen molar-refractivity contribution in [2.45, 2.75) is 70.1 Å². The van der Waals surface area contributed by atoms with Gasteiger partial charge >= 0.3 is 0 Å². The number of amides is 1. The molecule has 0 saturated heterocycles. The summed E-state index contributed by atoms with van der Waals surface area (Å²) in [6.07, 6.45) is 5.20. The molecule has 1 amide bonds. The van der Waals surface area contributed by atoms with Crippen LogP contribution >= 0.6 is 0 Å². The van der Waals surface area contributed by atoms with Gasteiger partial charge in [-0.3, -0.25) is 4.79 Å². The summed E-state index contributed by atoms with van der Waals surface area (Å²) in [6.45, 7) is 5.82. The van der Waals surface area contributed by atoms with Crippen LogP contribution in [0.1, 0.15) is 59.3 Å². The van der Waals surface area contributed by atoms with Crippen molar-refractivity contribution in [2.24, 2.45) is 11.8 Å². The Morgan fingerprint density at radius 2 is 1.79 bits per heavy atom. The number of hydrogen-bond donors (Lipinski definition) is 2. The van der Waals surface area contributed by atoms with Crippen molar-refractivity contribution in [3.05, 3.63) is 24.3 Å². The van der Waals surface area contributed by atoms with Crippen molar-refractivity contribution in [3.63, 3.8) is 0 Å². The SMILES string of the molecule is CC(C)(C)S(=O)(=O)N[C@H]1CC[C@H](C(=O)Nc2cccc(OCC3CC3)c2)CC1. The van der Waals surface area contributed by atoms with Gasteiger partial charge in [-0.15, -0.1) is 0 Å². The average Bonchev–Trinajstić information content (AvgIpc) is 3.44. The molecule has 28 heavy (non-hydrogen) atoms. The largest absolute Gasteiger partial charge is 0.493 e. The summed E-state index contributed by atoms with van der Waals surface area (Å²) in [5.74, 6) is 1.37. The van der Waals surface area contributed by atoms with Gasteiger partial charge < -0.3 is 10.1 Å². The van der Waals surface area contributed by atoms with E-state index in [1.54, 1.807) is 20.8 Å². The number of nitrogens with one attached hydrogen (secondary N) is 2. The molecule has 6 nitrogen and oxygen atoms in total. The van der Waals surface area contributed by atoms with E-state index in [9.17, 15) is 13.2 Å². The molecule has 0 bridgehead atoms. The van der Waals surface area contributed by atoms with Gasteiger partial charge in [0.1, 0.15) is 5.75 Å². The Bertz CT molecular complexity index is 789. The lowest BCUT2D eigenvalue weighted by Gasteiger charge is -2.30. The predicted molar refractivity (Wildman–Crippen MR) is 111 cm³/mol. The molecule has 0 atom stereocenters. The zero-order valence-electron chi connectivity index (χ0n) is 17.0. The van der Waals surface area contributed by atoms with Gasteiger partial charge in [0.25, 0.3) is 0 Å². The van der Waals surface area contributed by atoms with Crippen LogP contribution in [0.3, 0.4) is 0 Å². The highest BCUT2D eigenvalue weighted by molar-refractivity contribution is 7.90. The first-order chi connectivity index (χ1) is 13.1. The fourth-order valence-electron chi connectivity index (χ4n) is 3.28. The highest BCUT2D eigenvalue weighted by Crippen LogP contribution is 2.31. The normalized spacial score (nSPS) is 23.2. The Balaban J connectivity index is 1.48. The summed E-state index contributed by atoms with van der Waals surface area (Å²) in [4.78, 5) is 12.6. The summed E-state index contributed by atoms with van der Waals surface area (Å²) in [5.41, 5.74) is 0.744. The van der Waals surface area contributed by atoms with Gasteiger partial charge in [-0.2, -0.15) is 0 Å². The van der Waals surface area contributed by atoms with E-state index < -0.39 is 14.8 Å². The lowest BCUT2D eigenvalue weighted by Crippen LogP contribution is -2.46. The standard InChI is InChI=1S/C21H32N2O4S/c1-21(2,3)28(25,26)23-17-11-9-16(10-12-17)20(24)22-18-5-4-6-19(13-18)27-14-15-7-8-15/h4-6,13,15-17,23H,7-12,14H2,1-3H3,(H,22,24)/t16-,17-. The molecule has 3 rings (SSSR count). The monoisotopic (exact) mass is 408 g/mol. The Kier molecular flexibility index (Phi) is 6.34. The zero-order valence-corrected chi connectivity index (χ0v) is 17.8. The van der Waals surface area contributed by atoms with Crippen molar-refractivity contribution >= 4 is 21.6 Å². The molecule has 2 fully saturated rings. The quantitative estimate of drug-likeness (QED) is 0.721. The van der Waals surface area contributed by atoms with Crippen LogP contribution in [0.15, 0.2) is 24.3 Å². The molecule has 0 aromatic heterocycles. The fraction of sp³-hybridized carbons (Fsp3) is 0.667. The average molecular weight is 409 g/mol. The molecule has 1 aromatic carbocycles.